The van der Waals surface area contributed by atoms with Crippen LogP contribution in [0.1, 0.15) is 47.1 Å². The molecule has 0 aliphatic heterocycles. The lowest BCUT2D eigenvalue weighted by atomic mass is 9.91. The standard InChI is InChI=1S/C16H22/c1-6-7-8-9-10-16-13(3)11-12(2)14(4)15(16)5/h1,11H,7-10H2,2-5H3. The Morgan fingerprint density at radius 2 is 1.69 bits per heavy atom. The predicted octanol–water partition coefficient (Wildman–Crippen LogP) is 4.27. The van der Waals surface area contributed by atoms with Crippen molar-refractivity contribution in [1.82, 2.24) is 0 Å². The molecular weight excluding hydrogens is 192 g/mol. The maximum atomic E-state index is 5.26. The van der Waals surface area contributed by atoms with Crippen LogP contribution in [0, 0.1) is 40.0 Å². The summed E-state index contributed by atoms with van der Waals surface area (Å²) in [4.78, 5) is 0. The van der Waals surface area contributed by atoms with Crippen LogP contribution in [0.25, 0.3) is 0 Å². The fourth-order valence-corrected chi connectivity index (χ4v) is 2.25. The Hall–Kier alpha value is -1.22. The summed E-state index contributed by atoms with van der Waals surface area (Å²) in [5, 5.41) is 0. The maximum Gasteiger partial charge on any atom is 0.00861 e. The quantitative estimate of drug-likeness (QED) is 0.519. The first-order chi connectivity index (χ1) is 7.57. The van der Waals surface area contributed by atoms with Crippen molar-refractivity contribution in [2.75, 3.05) is 0 Å². The van der Waals surface area contributed by atoms with Crippen LogP contribution in [0.3, 0.4) is 0 Å². The van der Waals surface area contributed by atoms with Gasteiger partial charge in [-0.15, -0.1) is 12.3 Å². The lowest BCUT2D eigenvalue weighted by Crippen LogP contribution is -1.99. The highest BCUT2D eigenvalue weighted by atomic mass is 14.1. The number of benzene rings is 1. The molecule has 0 saturated heterocycles. The average molecular weight is 214 g/mol. The molecule has 0 unspecified atom stereocenters. The van der Waals surface area contributed by atoms with Crippen molar-refractivity contribution in [1.29, 1.82) is 0 Å². The van der Waals surface area contributed by atoms with Gasteiger partial charge in [-0.3, -0.25) is 0 Å². The van der Waals surface area contributed by atoms with Gasteiger partial charge in [0.1, 0.15) is 0 Å². The molecule has 1 aromatic rings. The zero-order valence-electron chi connectivity index (χ0n) is 11.0. The minimum absolute atomic E-state index is 0.906. The molecular formula is C16H22. The van der Waals surface area contributed by atoms with E-state index in [0.29, 0.717) is 0 Å². The SMILES string of the molecule is C#CCCCCc1c(C)cc(C)c(C)c1C. The molecule has 0 amide bonds. The summed E-state index contributed by atoms with van der Waals surface area (Å²) in [7, 11) is 0. The number of rotatable bonds is 4. The van der Waals surface area contributed by atoms with Crippen LogP contribution in [-0.4, -0.2) is 0 Å². The Balaban J connectivity index is 2.80. The van der Waals surface area contributed by atoms with Crippen molar-refractivity contribution in [2.24, 2.45) is 0 Å². The van der Waals surface area contributed by atoms with Gasteiger partial charge in [0.15, 0.2) is 0 Å². The van der Waals surface area contributed by atoms with Gasteiger partial charge in [-0.2, -0.15) is 0 Å². The summed E-state index contributed by atoms with van der Waals surface area (Å²) in [5.74, 6) is 2.70. The molecule has 0 atom stereocenters. The lowest BCUT2D eigenvalue weighted by Gasteiger charge is -2.14. The Labute approximate surface area is 100 Å². The van der Waals surface area contributed by atoms with Crippen molar-refractivity contribution >= 4 is 0 Å². The molecule has 0 N–H and O–H groups in total. The van der Waals surface area contributed by atoms with E-state index in [1.165, 1.54) is 40.7 Å². The van der Waals surface area contributed by atoms with Gasteiger partial charge >= 0.3 is 0 Å². The zero-order valence-corrected chi connectivity index (χ0v) is 11.0. The largest absolute Gasteiger partial charge is 0.120 e. The van der Waals surface area contributed by atoms with Gasteiger partial charge < -0.3 is 0 Å². The Kier molecular flexibility index (Phi) is 4.62. The van der Waals surface area contributed by atoms with Crippen LogP contribution in [-0.2, 0) is 6.42 Å². The van der Waals surface area contributed by atoms with E-state index >= 15 is 0 Å². The third-order valence-corrected chi connectivity index (χ3v) is 3.51. The zero-order chi connectivity index (χ0) is 12.1. The summed E-state index contributed by atoms with van der Waals surface area (Å²) < 4.78 is 0. The second-order valence-corrected chi connectivity index (χ2v) is 4.65. The summed E-state index contributed by atoms with van der Waals surface area (Å²) in [5.41, 5.74) is 7.28. The van der Waals surface area contributed by atoms with E-state index < -0.39 is 0 Å². The van der Waals surface area contributed by atoms with E-state index in [9.17, 15) is 0 Å². The minimum atomic E-state index is 0.906. The molecule has 0 heteroatoms. The van der Waals surface area contributed by atoms with Gasteiger partial charge in [0.25, 0.3) is 0 Å². The monoisotopic (exact) mass is 214 g/mol. The molecule has 0 spiro atoms. The smallest absolute Gasteiger partial charge is 0.00861 e. The summed E-state index contributed by atoms with van der Waals surface area (Å²) in [6, 6.07) is 2.30. The average Bonchev–Trinajstić information content (AvgIpc) is 2.25. The van der Waals surface area contributed by atoms with Crippen molar-refractivity contribution in [3.05, 3.63) is 33.9 Å². The number of aryl methyl sites for hydroxylation is 2. The normalized spacial score (nSPS) is 10.2. The van der Waals surface area contributed by atoms with Crippen LogP contribution in [0.5, 0.6) is 0 Å². The molecule has 0 heterocycles. The van der Waals surface area contributed by atoms with Crippen LogP contribution >= 0.6 is 0 Å². The second-order valence-electron chi connectivity index (χ2n) is 4.65. The molecule has 0 saturated carbocycles. The van der Waals surface area contributed by atoms with Gasteiger partial charge in [-0.1, -0.05) is 6.07 Å². The van der Waals surface area contributed by atoms with Crippen molar-refractivity contribution in [3.63, 3.8) is 0 Å². The van der Waals surface area contributed by atoms with Crippen LogP contribution in [0.4, 0.5) is 0 Å². The Bertz CT molecular complexity index is 405. The maximum absolute atomic E-state index is 5.26. The van der Waals surface area contributed by atoms with E-state index in [4.69, 9.17) is 6.42 Å². The van der Waals surface area contributed by atoms with Crippen LogP contribution < -0.4 is 0 Å². The van der Waals surface area contributed by atoms with Gasteiger partial charge in [-0.05, 0) is 74.8 Å². The highest BCUT2D eigenvalue weighted by molar-refractivity contribution is 5.43. The molecule has 0 aliphatic carbocycles. The first-order valence-electron chi connectivity index (χ1n) is 6.07. The summed E-state index contributed by atoms with van der Waals surface area (Å²) in [6.45, 7) is 8.87. The van der Waals surface area contributed by atoms with E-state index in [1.807, 2.05) is 0 Å². The molecule has 1 rings (SSSR count). The highest BCUT2D eigenvalue weighted by Crippen LogP contribution is 2.23. The van der Waals surface area contributed by atoms with Crippen LogP contribution in [0.2, 0.25) is 0 Å². The molecule has 0 aliphatic rings. The Morgan fingerprint density at radius 1 is 1.00 bits per heavy atom. The van der Waals surface area contributed by atoms with E-state index in [0.717, 1.165) is 12.8 Å². The minimum Gasteiger partial charge on any atom is -0.120 e. The number of terminal acetylenes is 1. The molecule has 1 aromatic carbocycles. The number of hydrogen-bond donors (Lipinski definition) is 0. The fraction of sp³-hybridized carbons (Fsp3) is 0.500. The molecule has 86 valence electrons. The molecule has 0 fully saturated rings. The third-order valence-electron chi connectivity index (χ3n) is 3.51. The van der Waals surface area contributed by atoms with Gasteiger partial charge in [0.2, 0.25) is 0 Å². The topological polar surface area (TPSA) is 0 Å². The molecule has 16 heavy (non-hydrogen) atoms. The van der Waals surface area contributed by atoms with E-state index in [1.54, 1.807) is 0 Å². The highest BCUT2D eigenvalue weighted by Gasteiger charge is 2.07. The lowest BCUT2D eigenvalue weighted by molar-refractivity contribution is 0.750. The molecule has 0 bridgehead atoms. The summed E-state index contributed by atoms with van der Waals surface area (Å²) >= 11 is 0. The first-order valence-corrected chi connectivity index (χ1v) is 6.07. The van der Waals surface area contributed by atoms with Gasteiger partial charge in [0.05, 0.1) is 0 Å². The third kappa shape index (κ3) is 2.89. The van der Waals surface area contributed by atoms with E-state index in [-0.39, 0.29) is 0 Å². The molecule has 0 aromatic heterocycles. The van der Waals surface area contributed by atoms with Gasteiger partial charge in [0, 0.05) is 6.42 Å². The molecule has 0 nitrogen and oxygen atoms in total. The van der Waals surface area contributed by atoms with Crippen molar-refractivity contribution < 1.29 is 0 Å². The van der Waals surface area contributed by atoms with E-state index in [2.05, 4.69) is 39.7 Å². The van der Waals surface area contributed by atoms with Gasteiger partial charge in [-0.25, -0.2) is 0 Å². The fourth-order valence-electron chi connectivity index (χ4n) is 2.25. The first kappa shape index (κ1) is 12.8. The number of hydrogen-bond acceptors (Lipinski definition) is 0. The number of unbranched alkanes of at least 4 members (excludes halogenated alkanes) is 2. The predicted molar refractivity (Wildman–Crippen MR) is 71.8 cm³/mol. The van der Waals surface area contributed by atoms with Crippen molar-refractivity contribution in [3.8, 4) is 12.3 Å². The Morgan fingerprint density at radius 3 is 2.31 bits per heavy atom. The summed E-state index contributed by atoms with van der Waals surface area (Å²) in [6.07, 6.45) is 9.68. The molecule has 0 radical (unpaired) electrons. The van der Waals surface area contributed by atoms with Crippen molar-refractivity contribution in [2.45, 2.75) is 53.4 Å². The second kappa shape index (κ2) is 5.75. The van der Waals surface area contributed by atoms with Crippen LogP contribution in [0.15, 0.2) is 6.07 Å².